The van der Waals surface area contributed by atoms with Gasteiger partial charge in [-0.15, -0.1) is 0 Å². The van der Waals surface area contributed by atoms with Crippen molar-refractivity contribution in [3.8, 4) is 5.75 Å². The lowest BCUT2D eigenvalue weighted by Gasteiger charge is -2.42. The maximum absolute atomic E-state index is 12.6. The van der Waals surface area contributed by atoms with Crippen LogP contribution in [0.4, 0.5) is 5.69 Å². The van der Waals surface area contributed by atoms with Gasteiger partial charge in [-0.05, 0) is 80.5 Å². The van der Waals surface area contributed by atoms with Crippen molar-refractivity contribution in [2.75, 3.05) is 50.8 Å². The summed E-state index contributed by atoms with van der Waals surface area (Å²) in [6.07, 6.45) is 5.71. The van der Waals surface area contributed by atoms with Gasteiger partial charge in [-0.1, -0.05) is 48.5 Å². The van der Waals surface area contributed by atoms with E-state index in [0.29, 0.717) is 12.6 Å². The first-order chi connectivity index (χ1) is 19.2. The van der Waals surface area contributed by atoms with Crippen molar-refractivity contribution in [3.05, 3.63) is 95.1 Å². The minimum Gasteiger partial charge on any atom is -0.492 e. The van der Waals surface area contributed by atoms with Crippen molar-refractivity contribution in [1.29, 1.82) is 0 Å². The fourth-order valence-corrected chi connectivity index (χ4v) is 6.15. The average molecular weight is 526 g/mol. The number of benzene rings is 3. The molecule has 0 unspecified atom stereocenters. The Labute approximate surface area is 234 Å². The second-order valence-corrected chi connectivity index (χ2v) is 10.8. The summed E-state index contributed by atoms with van der Waals surface area (Å²) in [5, 5.41) is 0. The minimum atomic E-state index is 0.0973. The molecule has 0 aliphatic carbocycles. The Hall–Kier alpha value is -3.31. The molecular formula is C34H43N3O2. The zero-order valence-electron chi connectivity index (χ0n) is 23.6. The zero-order valence-corrected chi connectivity index (χ0v) is 23.6. The molecule has 39 heavy (non-hydrogen) atoms. The van der Waals surface area contributed by atoms with Crippen LogP contribution in [-0.4, -0.2) is 67.6 Å². The van der Waals surface area contributed by atoms with E-state index in [1.54, 1.807) is 0 Å². The first kappa shape index (κ1) is 27.3. The highest BCUT2D eigenvalue weighted by Gasteiger charge is 2.27. The number of hydrogen-bond acceptors (Lipinski definition) is 4. The van der Waals surface area contributed by atoms with Crippen molar-refractivity contribution in [2.24, 2.45) is 0 Å². The molecule has 0 radical (unpaired) electrons. The van der Waals surface area contributed by atoms with Gasteiger partial charge in [-0.3, -0.25) is 9.69 Å². The summed E-state index contributed by atoms with van der Waals surface area (Å²) < 4.78 is 6.31. The average Bonchev–Trinajstić information content (AvgIpc) is 2.99. The van der Waals surface area contributed by atoms with Gasteiger partial charge >= 0.3 is 0 Å². The number of likely N-dealkylation sites (tertiary alicyclic amines) is 1. The number of carbonyl (C=O) groups is 1. The first-order valence-corrected chi connectivity index (χ1v) is 14.8. The van der Waals surface area contributed by atoms with Gasteiger partial charge in [-0.2, -0.15) is 0 Å². The third kappa shape index (κ3) is 6.65. The van der Waals surface area contributed by atoms with Crippen molar-refractivity contribution in [2.45, 2.75) is 52.0 Å². The van der Waals surface area contributed by atoms with Crippen LogP contribution in [0.25, 0.3) is 0 Å². The van der Waals surface area contributed by atoms with Gasteiger partial charge in [0.2, 0.25) is 0 Å². The van der Waals surface area contributed by atoms with Gasteiger partial charge in [-0.25, -0.2) is 0 Å². The SMILES string of the molecule is CCN(CC)C(=O)c1ccc(Cc2ccccc2OCCN2CCC(N3CCCc4ccccc43)CC2)cc1. The second kappa shape index (κ2) is 13.2. The van der Waals surface area contributed by atoms with Crippen LogP contribution in [0.15, 0.2) is 72.8 Å². The lowest BCUT2D eigenvalue weighted by atomic mass is 9.96. The maximum Gasteiger partial charge on any atom is 0.253 e. The van der Waals surface area contributed by atoms with E-state index in [-0.39, 0.29) is 5.91 Å². The molecule has 5 nitrogen and oxygen atoms in total. The van der Waals surface area contributed by atoms with Crippen molar-refractivity contribution >= 4 is 11.6 Å². The highest BCUT2D eigenvalue weighted by atomic mass is 16.5. The number of nitrogens with zero attached hydrogens (tertiary/aromatic N) is 3. The Morgan fingerprint density at radius 1 is 0.897 bits per heavy atom. The molecule has 3 aromatic rings. The van der Waals surface area contributed by atoms with Crippen molar-refractivity contribution in [1.82, 2.24) is 9.80 Å². The molecule has 2 aliphatic heterocycles. The molecule has 1 saturated heterocycles. The van der Waals surface area contributed by atoms with E-state index < -0.39 is 0 Å². The molecule has 0 atom stereocenters. The molecule has 0 N–H and O–H groups in total. The van der Waals surface area contributed by atoms with E-state index in [4.69, 9.17) is 4.74 Å². The minimum absolute atomic E-state index is 0.0973. The molecule has 0 bridgehead atoms. The Morgan fingerprint density at radius 2 is 1.62 bits per heavy atom. The monoisotopic (exact) mass is 525 g/mol. The first-order valence-electron chi connectivity index (χ1n) is 14.8. The number of para-hydroxylation sites is 2. The maximum atomic E-state index is 12.6. The summed E-state index contributed by atoms with van der Waals surface area (Å²) in [7, 11) is 0. The third-order valence-electron chi connectivity index (χ3n) is 8.43. The molecule has 1 fully saturated rings. The van der Waals surface area contributed by atoms with Gasteiger partial charge in [0.15, 0.2) is 0 Å². The number of anilines is 1. The molecule has 0 saturated carbocycles. The van der Waals surface area contributed by atoms with Gasteiger partial charge in [0.05, 0.1) is 0 Å². The molecule has 2 heterocycles. The smallest absolute Gasteiger partial charge is 0.253 e. The van der Waals surface area contributed by atoms with Crippen LogP contribution in [0.2, 0.25) is 0 Å². The number of piperidine rings is 1. The van der Waals surface area contributed by atoms with Crippen LogP contribution in [0.1, 0.15) is 60.2 Å². The van der Waals surface area contributed by atoms with Gasteiger partial charge < -0.3 is 14.5 Å². The largest absolute Gasteiger partial charge is 0.492 e. The van der Waals surface area contributed by atoms with Crippen LogP contribution in [0.5, 0.6) is 5.75 Å². The third-order valence-corrected chi connectivity index (χ3v) is 8.43. The Kier molecular flexibility index (Phi) is 9.20. The van der Waals surface area contributed by atoms with E-state index >= 15 is 0 Å². The normalized spacial score (nSPS) is 16.1. The summed E-state index contributed by atoms with van der Waals surface area (Å²) in [4.78, 5) is 19.7. The summed E-state index contributed by atoms with van der Waals surface area (Å²) in [6.45, 7) is 10.6. The molecule has 0 spiro atoms. The quantitative estimate of drug-likeness (QED) is 0.323. The second-order valence-electron chi connectivity index (χ2n) is 10.8. The molecule has 5 rings (SSSR count). The number of rotatable bonds is 10. The lowest BCUT2D eigenvalue weighted by Crippen LogP contribution is -2.47. The van der Waals surface area contributed by atoms with Crippen LogP contribution in [0, 0.1) is 0 Å². The van der Waals surface area contributed by atoms with Gasteiger partial charge in [0.25, 0.3) is 5.91 Å². The highest BCUT2D eigenvalue weighted by molar-refractivity contribution is 5.94. The summed E-state index contributed by atoms with van der Waals surface area (Å²) in [5.41, 5.74) is 6.10. The molecular weight excluding hydrogens is 482 g/mol. The van der Waals surface area contributed by atoms with Crippen molar-refractivity contribution in [3.63, 3.8) is 0 Å². The number of amides is 1. The van der Waals surface area contributed by atoms with E-state index in [1.807, 2.05) is 36.9 Å². The van der Waals surface area contributed by atoms with E-state index in [9.17, 15) is 4.79 Å². The molecule has 206 valence electrons. The fourth-order valence-electron chi connectivity index (χ4n) is 6.15. The van der Waals surface area contributed by atoms with Crippen LogP contribution in [-0.2, 0) is 12.8 Å². The molecule has 5 heteroatoms. The molecule has 0 aromatic heterocycles. The molecule has 2 aliphatic rings. The van der Waals surface area contributed by atoms with Crippen LogP contribution >= 0.6 is 0 Å². The standard InChI is InChI=1S/C34H43N3O2/c1-3-36(4-2)34(38)29-17-15-27(16-18-29)26-30-11-6-8-14-33(30)39-25-24-35-22-19-31(20-23-35)37-21-9-12-28-10-5-7-13-32(28)37/h5-8,10-11,13-18,31H,3-4,9,12,19-26H2,1-2H3. The highest BCUT2D eigenvalue weighted by Crippen LogP contribution is 2.31. The van der Waals surface area contributed by atoms with Gasteiger partial charge in [0.1, 0.15) is 12.4 Å². The van der Waals surface area contributed by atoms with E-state index in [0.717, 1.165) is 50.5 Å². The Balaban J connectivity index is 1.11. The van der Waals surface area contributed by atoms with E-state index in [1.165, 1.54) is 54.6 Å². The molecule has 3 aromatic carbocycles. The topological polar surface area (TPSA) is 36.0 Å². The Morgan fingerprint density at radius 3 is 2.38 bits per heavy atom. The van der Waals surface area contributed by atoms with Gasteiger partial charge in [0, 0.05) is 63.0 Å². The summed E-state index contributed by atoms with van der Waals surface area (Å²) in [6, 6.07) is 26.0. The number of ether oxygens (including phenoxy) is 1. The summed E-state index contributed by atoms with van der Waals surface area (Å²) >= 11 is 0. The predicted octanol–water partition coefficient (Wildman–Crippen LogP) is 6.06. The van der Waals surface area contributed by atoms with E-state index in [2.05, 4.69) is 64.4 Å². The number of aryl methyl sites for hydroxylation is 1. The number of hydrogen-bond donors (Lipinski definition) is 0. The Bertz CT molecular complexity index is 1210. The van der Waals surface area contributed by atoms with Crippen LogP contribution < -0.4 is 9.64 Å². The molecule has 1 amide bonds. The number of fused-ring (bicyclic) bond motifs is 1. The number of carbonyl (C=O) groups excluding carboxylic acids is 1. The zero-order chi connectivity index (χ0) is 27.0. The lowest BCUT2D eigenvalue weighted by molar-refractivity contribution is 0.0773. The summed E-state index contributed by atoms with van der Waals surface area (Å²) in [5.74, 6) is 1.06. The van der Waals surface area contributed by atoms with Crippen molar-refractivity contribution < 1.29 is 9.53 Å². The fraction of sp³-hybridized carbons (Fsp3) is 0.441. The predicted molar refractivity (Wildman–Crippen MR) is 160 cm³/mol. The van der Waals surface area contributed by atoms with Crippen LogP contribution in [0.3, 0.4) is 0 Å².